The maximum absolute atomic E-state index is 13.6. The Bertz CT molecular complexity index is 1170. The molecule has 158 valence electrons. The second-order valence-corrected chi connectivity index (χ2v) is 6.56. The van der Waals surface area contributed by atoms with Crippen molar-refractivity contribution in [3.05, 3.63) is 70.9 Å². The normalized spacial score (nSPS) is 15.0. The molecule has 0 saturated heterocycles. The van der Waals surface area contributed by atoms with E-state index in [2.05, 4.69) is 20.8 Å². The first kappa shape index (κ1) is 20.1. The average Bonchev–Trinajstić information content (AvgIpc) is 3.30. The molecule has 10 nitrogen and oxygen atoms in total. The molecule has 0 aliphatic carbocycles. The van der Waals surface area contributed by atoms with E-state index in [1.807, 2.05) is 0 Å². The third-order valence-electron chi connectivity index (χ3n) is 4.92. The predicted octanol–water partition coefficient (Wildman–Crippen LogP) is 2.02. The van der Waals surface area contributed by atoms with Crippen LogP contribution in [0.15, 0.2) is 59.8 Å². The van der Waals surface area contributed by atoms with Gasteiger partial charge in [-0.25, -0.2) is 4.79 Å². The van der Waals surface area contributed by atoms with Crippen molar-refractivity contribution in [2.75, 3.05) is 26.6 Å². The summed E-state index contributed by atoms with van der Waals surface area (Å²) in [5, 5.41) is 14.5. The lowest BCUT2D eigenvalue weighted by Crippen LogP contribution is -2.33. The van der Waals surface area contributed by atoms with Gasteiger partial charge in [0, 0.05) is 11.1 Å². The van der Waals surface area contributed by atoms with Crippen LogP contribution in [0.25, 0.3) is 0 Å². The Kier molecular flexibility index (Phi) is 5.35. The monoisotopic (exact) mass is 421 g/mol. The number of nitrogens with one attached hydrogen (secondary N) is 1. The Labute approximate surface area is 177 Å². The summed E-state index contributed by atoms with van der Waals surface area (Å²) >= 11 is 0. The van der Waals surface area contributed by atoms with Crippen LogP contribution in [0.2, 0.25) is 0 Å². The van der Waals surface area contributed by atoms with Crippen LogP contribution in [0.5, 0.6) is 11.5 Å². The molecule has 4 rings (SSSR count). The van der Waals surface area contributed by atoms with Gasteiger partial charge in [0.15, 0.2) is 5.78 Å². The van der Waals surface area contributed by atoms with E-state index in [0.29, 0.717) is 22.6 Å². The first-order valence-electron chi connectivity index (χ1n) is 9.28. The first-order chi connectivity index (χ1) is 15.1. The SMILES string of the molecule is COC(=O)C1=C(C(=O)c2ccccc2)[C@@H](c2cc(OC)ccc2OC)n2nnnc2N1. The van der Waals surface area contributed by atoms with Crippen molar-refractivity contribution < 1.29 is 23.8 Å². The number of carbonyl (C=O) groups is 2. The van der Waals surface area contributed by atoms with Crippen molar-refractivity contribution in [1.82, 2.24) is 20.2 Å². The summed E-state index contributed by atoms with van der Waals surface area (Å²) in [6.45, 7) is 0. The van der Waals surface area contributed by atoms with Crippen molar-refractivity contribution in [3.63, 3.8) is 0 Å². The van der Waals surface area contributed by atoms with Crippen molar-refractivity contribution in [2.45, 2.75) is 6.04 Å². The number of carbonyl (C=O) groups excluding carboxylic acids is 2. The summed E-state index contributed by atoms with van der Waals surface area (Å²) in [5.74, 6) is 0.0802. The Morgan fingerprint density at radius 1 is 1.03 bits per heavy atom. The fourth-order valence-corrected chi connectivity index (χ4v) is 3.47. The zero-order chi connectivity index (χ0) is 22.0. The minimum atomic E-state index is -0.877. The lowest BCUT2D eigenvalue weighted by atomic mass is 9.89. The Balaban J connectivity index is 2.01. The van der Waals surface area contributed by atoms with Crippen LogP contribution >= 0.6 is 0 Å². The van der Waals surface area contributed by atoms with E-state index < -0.39 is 12.0 Å². The van der Waals surface area contributed by atoms with Crippen LogP contribution in [0.3, 0.4) is 0 Å². The molecule has 0 saturated carbocycles. The molecule has 1 aliphatic rings. The highest BCUT2D eigenvalue weighted by Gasteiger charge is 2.40. The minimum absolute atomic E-state index is 0.0477. The van der Waals surface area contributed by atoms with Gasteiger partial charge in [-0.3, -0.25) is 4.79 Å². The number of aromatic nitrogens is 4. The second kappa shape index (κ2) is 8.27. The van der Waals surface area contributed by atoms with Gasteiger partial charge in [0.2, 0.25) is 5.95 Å². The molecule has 0 spiro atoms. The second-order valence-electron chi connectivity index (χ2n) is 6.56. The minimum Gasteiger partial charge on any atom is -0.497 e. The molecule has 31 heavy (non-hydrogen) atoms. The summed E-state index contributed by atoms with van der Waals surface area (Å²) < 4.78 is 17.3. The van der Waals surface area contributed by atoms with Gasteiger partial charge in [0.25, 0.3) is 0 Å². The maximum Gasteiger partial charge on any atom is 0.355 e. The number of esters is 1. The van der Waals surface area contributed by atoms with Crippen LogP contribution in [-0.4, -0.2) is 53.3 Å². The molecule has 0 amide bonds. The summed E-state index contributed by atoms with van der Waals surface area (Å²) in [6.07, 6.45) is 0. The Hall–Kier alpha value is -4.21. The summed E-state index contributed by atoms with van der Waals surface area (Å²) in [7, 11) is 4.28. The molecule has 0 unspecified atom stereocenters. The van der Waals surface area contributed by atoms with Gasteiger partial charge in [0.05, 0.1) is 26.9 Å². The number of Topliss-reactive ketones (excluding diaryl/α,β-unsaturated/α-hetero) is 1. The molecule has 1 aromatic heterocycles. The number of nitrogens with zero attached hydrogens (tertiary/aromatic N) is 4. The number of tetrazole rings is 1. The fraction of sp³-hybridized carbons (Fsp3) is 0.190. The summed E-state index contributed by atoms with van der Waals surface area (Å²) in [6, 6.07) is 12.9. The average molecular weight is 421 g/mol. The molecule has 1 atom stereocenters. The quantitative estimate of drug-likeness (QED) is 0.471. The molecule has 1 N–H and O–H groups in total. The van der Waals surface area contributed by atoms with Gasteiger partial charge in [-0.2, -0.15) is 4.68 Å². The number of fused-ring (bicyclic) bond motifs is 1. The zero-order valence-electron chi connectivity index (χ0n) is 17.0. The highest BCUT2D eigenvalue weighted by molar-refractivity contribution is 6.15. The third-order valence-corrected chi connectivity index (χ3v) is 4.92. The third kappa shape index (κ3) is 3.48. The first-order valence-corrected chi connectivity index (χ1v) is 9.28. The molecule has 0 bridgehead atoms. The van der Waals surface area contributed by atoms with Gasteiger partial charge in [-0.05, 0) is 28.6 Å². The largest absolute Gasteiger partial charge is 0.497 e. The van der Waals surface area contributed by atoms with Crippen LogP contribution in [0, 0.1) is 0 Å². The summed E-state index contributed by atoms with van der Waals surface area (Å²) in [5.41, 5.74) is 1.000. The molecule has 2 heterocycles. The van der Waals surface area contributed by atoms with Crippen LogP contribution in [0.4, 0.5) is 5.95 Å². The number of methoxy groups -OCH3 is 3. The molecular formula is C21H19N5O5. The smallest absolute Gasteiger partial charge is 0.355 e. The highest BCUT2D eigenvalue weighted by atomic mass is 16.5. The van der Waals surface area contributed by atoms with E-state index in [1.54, 1.807) is 48.5 Å². The molecule has 1 aliphatic heterocycles. The van der Waals surface area contributed by atoms with Crippen LogP contribution < -0.4 is 14.8 Å². The number of ketones is 1. The highest BCUT2D eigenvalue weighted by Crippen LogP contribution is 2.41. The van der Waals surface area contributed by atoms with Crippen molar-refractivity contribution in [3.8, 4) is 11.5 Å². The topological polar surface area (TPSA) is 117 Å². The number of anilines is 1. The van der Waals surface area contributed by atoms with Gasteiger partial charge in [0.1, 0.15) is 23.2 Å². The van der Waals surface area contributed by atoms with E-state index in [0.717, 1.165) is 0 Å². The predicted molar refractivity (Wildman–Crippen MR) is 109 cm³/mol. The molecule has 2 aromatic carbocycles. The number of allylic oxidation sites excluding steroid dienone is 1. The molecule has 0 fully saturated rings. The lowest BCUT2D eigenvalue weighted by Gasteiger charge is -2.29. The fourth-order valence-electron chi connectivity index (χ4n) is 3.47. The number of rotatable bonds is 6. The van der Waals surface area contributed by atoms with Gasteiger partial charge in [-0.1, -0.05) is 35.4 Å². The van der Waals surface area contributed by atoms with E-state index in [-0.39, 0.29) is 23.0 Å². The van der Waals surface area contributed by atoms with E-state index in [1.165, 1.54) is 26.0 Å². The standard InChI is InChI=1S/C21H19N5O5/c1-29-13-9-10-15(30-2)14(11-13)18-16(19(27)12-7-5-4-6-8-12)17(20(28)31-3)22-21-23-24-25-26(18)21/h4-11,18H,1-3H3,(H,22,23,25)/t18-/m1/s1. The molecule has 3 aromatic rings. The zero-order valence-corrected chi connectivity index (χ0v) is 17.0. The maximum atomic E-state index is 13.6. The molecule has 0 radical (unpaired) electrons. The molecular weight excluding hydrogens is 402 g/mol. The van der Waals surface area contributed by atoms with Crippen molar-refractivity contribution >= 4 is 17.7 Å². The number of ether oxygens (including phenoxy) is 3. The van der Waals surface area contributed by atoms with E-state index in [9.17, 15) is 9.59 Å². The van der Waals surface area contributed by atoms with E-state index >= 15 is 0 Å². The van der Waals surface area contributed by atoms with Crippen molar-refractivity contribution in [2.24, 2.45) is 0 Å². The van der Waals surface area contributed by atoms with Crippen LogP contribution in [-0.2, 0) is 9.53 Å². The van der Waals surface area contributed by atoms with Gasteiger partial charge < -0.3 is 19.5 Å². The van der Waals surface area contributed by atoms with Gasteiger partial charge >= 0.3 is 5.97 Å². The number of benzene rings is 2. The van der Waals surface area contributed by atoms with Crippen molar-refractivity contribution in [1.29, 1.82) is 0 Å². The van der Waals surface area contributed by atoms with E-state index in [4.69, 9.17) is 14.2 Å². The lowest BCUT2D eigenvalue weighted by molar-refractivity contribution is -0.136. The Morgan fingerprint density at radius 2 is 1.81 bits per heavy atom. The molecule has 10 heteroatoms. The summed E-state index contributed by atoms with van der Waals surface area (Å²) in [4.78, 5) is 26.3. The van der Waals surface area contributed by atoms with Crippen LogP contribution in [0.1, 0.15) is 22.0 Å². The number of hydrogen-bond acceptors (Lipinski definition) is 9. The Morgan fingerprint density at radius 3 is 2.48 bits per heavy atom. The van der Waals surface area contributed by atoms with Gasteiger partial charge in [-0.15, -0.1) is 0 Å². The number of hydrogen-bond donors (Lipinski definition) is 1.